The van der Waals surface area contributed by atoms with Crippen LogP contribution in [0.5, 0.6) is 0 Å². The maximum absolute atomic E-state index is 4.34. The van der Waals surface area contributed by atoms with Crippen LogP contribution in [0.4, 0.5) is 0 Å². The van der Waals surface area contributed by atoms with Crippen molar-refractivity contribution in [2.45, 2.75) is 38.1 Å². The molecule has 2 unspecified atom stereocenters. The lowest BCUT2D eigenvalue weighted by Gasteiger charge is -2.10. The molecule has 2 fully saturated rings. The Bertz CT molecular complexity index is 266. The molecular weight excluding hydrogens is 160 g/mol. The van der Waals surface area contributed by atoms with Crippen LogP contribution in [0.1, 0.15) is 38.1 Å². The Morgan fingerprint density at radius 1 is 1.15 bits per heavy atom. The molecule has 1 heterocycles. The largest absolute Gasteiger partial charge is 0.270 e. The van der Waals surface area contributed by atoms with Crippen LogP contribution in [0.2, 0.25) is 0 Å². The number of nitrogens with zero attached hydrogens (tertiary/aromatic N) is 2. The van der Waals surface area contributed by atoms with Crippen molar-refractivity contribution < 1.29 is 0 Å². The van der Waals surface area contributed by atoms with Gasteiger partial charge >= 0.3 is 0 Å². The molecule has 2 saturated carbocycles. The first-order chi connectivity index (χ1) is 6.43. The lowest BCUT2D eigenvalue weighted by atomic mass is 10.0. The van der Waals surface area contributed by atoms with Crippen LogP contribution in [-0.4, -0.2) is 9.78 Å². The highest BCUT2D eigenvalue weighted by atomic mass is 15.3. The number of hydrogen-bond donors (Lipinski definition) is 0. The molecule has 70 valence electrons. The van der Waals surface area contributed by atoms with E-state index in [0.29, 0.717) is 6.04 Å². The first-order valence-electron chi connectivity index (χ1n) is 5.42. The third-order valence-electron chi connectivity index (χ3n) is 3.87. The van der Waals surface area contributed by atoms with Crippen molar-refractivity contribution in [3.63, 3.8) is 0 Å². The van der Waals surface area contributed by atoms with Gasteiger partial charge in [0, 0.05) is 12.4 Å². The molecule has 0 spiro atoms. The average molecular weight is 176 g/mol. The molecule has 0 aliphatic heterocycles. The van der Waals surface area contributed by atoms with Gasteiger partial charge in [-0.1, -0.05) is 19.3 Å². The van der Waals surface area contributed by atoms with Crippen molar-refractivity contribution in [2.75, 3.05) is 0 Å². The van der Waals surface area contributed by atoms with E-state index in [9.17, 15) is 0 Å². The van der Waals surface area contributed by atoms with E-state index < -0.39 is 0 Å². The molecule has 0 radical (unpaired) electrons. The van der Waals surface area contributed by atoms with Gasteiger partial charge < -0.3 is 0 Å². The van der Waals surface area contributed by atoms with Crippen molar-refractivity contribution in [3.05, 3.63) is 18.5 Å². The fourth-order valence-corrected chi connectivity index (χ4v) is 3.24. The lowest BCUT2D eigenvalue weighted by Crippen LogP contribution is -2.06. The maximum Gasteiger partial charge on any atom is 0.0524 e. The summed E-state index contributed by atoms with van der Waals surface area (Å²) in [6.07, 6.45) is 11.2. The van der Waals surface area contributed by atoms with Gasteiger partial charge in [-0.3, -0.25) is 4.68 Å². The molecule has 2 heteroatoms. The molecular formula is C11H16N2. The average Bonchev–Trinajstić information content (AvgIpc) is 2.78. The second-order valence-electron chi connectivity index (χ2n) is 4.56. The van der Waals surface area contributed by atoms with Gasteiger partial charge in [-0.05, 0) is 30.7 Å². The highest BCUT2D eigenvalue weighted by molar-refractivity contribution is 4.92. The molecule has 0 amide bonds. The van der Waals surface area contributed by atoms with Crippen LogP contribution in [0, 0.1) is 11.8 Å². The Hall–Kier alpha value is -0.790. The number of aromatic nitrogens is 2. The van der Waals surface area contributed by atoms with E-state index in [1.165, 1.54) is 32.1 Å². The van der Waals surface area contributed by atoms with Gasteiger partial charge in [0.1, 0.15) is 0 Å². The van der Waals surface area contributed by atoms with Gasteiger partial charge in [0.05, 0.1) is 6.04 Å². The summed E-state index contributed by atoms with van der Waals surface area (Å²) >= 11 is 0. The minimum absolute atomic E-state index is 0.713. The first kappa shape index (κ1) is 7.60. The fraction of sp³-hybridized carbons (Fsp3) is 0.727. The van der Waals surface area contributed by atoms with Gasteiger partial charge in [0.15, 0.2) is 0 Å². The molecule has 0 bridgehead atoms. The molecule has 0 saturated heterocycles. The molecule has 2 aliphatic rings. The van der Waals surface area contributed by atoms with Crippen molar-refractivity contribution in [1.82, 2.24) is 9.78 Å². The fourth-order valence-electron chi connectivity index (χ4n) is 3.24. The second-order valence-corrected chi connectivity index (χ2v) is 4.56. The number of hydrogen-bond acceptors (Lipinski definition) is 1. The highest BCUT2D eigenvalue weighted by Gasteiger charge is 2.37. The summed E-state index contributed by atoms with van der Waals surface area (Å²) < 4.78 is 2.16. The zero-order valence-corrected chi connectivity index (χ0v) is 7.89. The summed E-state index contributed by atoms with van der Waals surface area (Å²) in [4.78, 5) is 0. The number of fused-ring (bicyclic) bond motifs is 1. The third-order valence-corrected chi connectivity index (χ3v) is 3.87. The van der Waals surface area contributed by atoms with E-state index in [1.807, 2.05) is 12.3 Å². The first-order valence-corrected chi connectivity index (χ1v) is 5.42. The number of rotatable bonds is 1. The van der Waals surface area contributed by atoms with Gasteiger partial charge in [0.2, 0.25) is 0 Å². The van der Waals surface area contributed by atoms with Crippen LogP contribution in [0.15, 0.2) is 18.5 Å². The quantitative estimate of drug-likeness (QED) is 0.643. The summed E-state index contributed by atoms with van der Waals surface area (Å²) in [6.45, 7) is 0. The molecule has 0 aromatic carbocycles. The molecule has 0 N–H and O–H groups in total. The molecule has 2 nitrogen and oxygen atoms in total. The topological polar surface area (TPSA) is 17.8 Å². The minimum Gasteiger partial charge on any atom is -0.270 e. The molecule has 2 atom stereocenters. The van der Waals surface area contributed by atoms with Crippen molar-refractivity contribution >= 4 is 0 Å². The van der Waals surface area contributed by atoms with Crippen LogP contribution < -0.4 is 0 Å². The molecule has 1 aromatic heterocycles. The summed E-state index contributed by atoms with van der Waals surface area (Å²) in [5.41, 5.74) is 0. The molecule has 13 heavy (non-hydrogen) atoms. The van der Waals surface area contributed by atoms with Crippen molar-refractivity contribution in [3.8, 4) is 0 Å². The van der Waals surface area contributed by atoms with Crippen LogP contribution >= 0.6 is 0 Å². The Morgan fingerprint density at radius 2 is 1.92 bits per heavy atom. The zero-order chi connectivity index (χ0) is 8.67. The Kier molecular flexibility index (Phi) is 1.67. The summed E-state index contributed by atoms with van der Waals surface area (Å²) in [5.74, 6) is 2.04. The molecule has 1 aromatic rings. The summed E-state index contributed by atoms with van der Waals surface area (Å²) in [7, 11) is 0. The Labute approximate surface area is 78.9 Å². The van der Waals surface area contributed by atoms with Crippen LogP contribution in [0.25, 0.3) is 0 Å². The predicted octanol–water partition coefficient (Wildman–Crippen LogP) is 2.63. The predicted molar refractivity (Wildman–Crippen MR) is 51.3 cm³/mol. The smallest absolute Gasteiger partial charge is 0.0524 e. The third kappa shape index (κ3) is 1.19. The highest BCUT2D eigenvalue weighted by Crippen LogP contribution is 2.48. The normalized spacial score (nSPS) is 38.0. The van der Waals surface area contributed by atoms with Crippen LogP contribution in [-0.2, 0) is 0 Å². The van der Waals surface area contributed by atoms with Gasteiger partial charge in [0.25, 0.3) is 0 Å². The standard InChI is InChI=1S/C11H16N2/c1-3-9-7-11(8-10(9)4-1)13-6-2-5-12-13/h2,5-6,9-11H,1,3-4,7-8H2. The van der Waals surface area contributed by atoms with E-state index in [0.717, 1.165) is 11.8 Å². The second kappa shape index (κ2) is 2.86. The summed E-state index contributed by atoms with van der Waals surface area (Å²) in [6, 6.07) is 2.75. The van der Waals surface area contributed by atoms with E-state index in [1.54, 1.807) is 0 Å². The van der Waals surface area contributed by atoms with Crippen LogP contribution in [0.3, 0.4) is 0 Å². The minimum atomic E-state index is 0.713. The molecule has 3 rings (SSSR count). The maximum atomic E-state index is 4.34. The van der Waals surface area contributed by atoms with E-state index in [4.69, 9.17) is 0 Å². The van der Waals surface area contributed by atoms with Gasteiger partial charge in [-0.2, -0.15) is 5.10 Å². The van der Waals surface area contributed by atoms with Crippen molar-refractivity contribution in [2.24, 2.45) is 11.8 Å². The lowest BCUT2D eigenvalue weighted by molar-refractivity contribution is 0.430. The molecule has 2 aliphatic carbocycles. The van der Waals surface area contributed by atoms with E-state index in [2.05, 4.69) is 16.0 Å². The monoisotopic (exact) mass is 176 g/mol. The SMILES string of the molecule is c1cnn(C2CC3CCCC3C2)c1. The van der Waals surface area contributed by atoms with Gasteiger partial charge in [-0.25, -0.2) is 0 Å². The Morgan fingerprint density at radius 3 is 2.54 bits per heavy atom. The van der Waals surface area contributed by atoms with Crippen molar-refractivity contribution in [1.29, 1.82) is 0 Å². The zero-order valence-electron chi connectivity index (χ0n) is 7.89. The van der Waals surface area contributed by atoms with E-state index >= 15 is 0 Å². The van der Waals surface area contributed by atoms with Gasteiger partial charge in [-0.15, -0.1) is 0 Å². The van der Waals surface area contributed by atoms with E-state index in [-0.39, 0.29) is 0 Å². The summed E-state index contributed by atoms with van der Waals surface area (Å²) in [5, 5.41) is 4.34. The Balaban J connectivity index is 1.76.